The second kappa shape index (κ2) is 9.05. The highest BCUT2D eigenvalue weighted by molar-refractivity contribution is 7.88. The van der Waals surface area contributed by atoms with Crippen LogP contribution in [0.1, 0.15) is 19.3 Å². The van der Waals surface area contributed by atoms with Gasteiger partial charge in [0.15, 0.2) is 0 Å². The number of benzene rings is 1. The number of carbonyl (C=O) groups excluding carboxylic acids is 1. The Morgan fingerprint density at radius 1 is 1.28 bits per heavy atom. The summed E-state index contributed by atoms with van der Waals surface area (Å²) >= 11 is 0. The van der Waals surface area contributed by atoms with Gasteiger partial charge in [-0.05, 0) is 37.1 Å². The van der Waals surface area contributed by atoms with Crippen LogP contribution in [-0.2, 0) is 14.8 Å². The molecule has 1 aliphatic heterocycles. The smallest absolute Gasteiger partial charge is 0.223 e. The number of hydrogen-bond acceptors (Lipinski definition) is 5. The number of rotatable bonds is 8. The molecule has 1 heterocycles. The Kier molecular flexibility index (Phi) is 7.07. The van der Waals surface area contributed by atoms with E-state index in [0.29, 0.717) is 13.2 Å². The van der Waals surface area contributed by atoms with E-state index in [1.807, 2.05) is 24.3 Å². The van der Waals surface area contributed by atoms with Gasteiger partial charge in [-0.15, -0.1) is 0 Å². The Morgan fingerprint density at radius 3 is 2.60 bits per heavy atom. The zero-order valence-electron chi connectivity index (χ0n) is 14.7. The Morgan fingerprint density at radius 2 is 1.96 bits per heavy atom. The fourth-order valence-electron chi connectivity index (χ4n) is 2.82. The van der Waals surface area contributed by atoms with E-state index in [2.05, 4.69) is 4.72 Å². The first kappa shape index (κ1) is 19.5. The molecule has 0 bridgehead atoms. The van der Waals surface area contributed by atoms with Crippen molar-refractivity contribution in [1.29, 1.82) is 0 Å². The highest BCUT2D eigenvalue weighted by Crippen LogP contribution is 2.21. The average molecular weight is 370 g/mol. The van der Waals surface area contributed by atoms with Crippen molar-refractivity contribution in [2.24, 2.45) is 5.92 Å². The molecule has 7 nitrogen and oxygen atoms in total. The van der Waals surface area contributed by atoms with Crippen molar-refractivity contribution >= 4 is 15.9 Å². The Balaban J connectivity index is 1.76. The van der Waals surface area contributed by atoms with E-state index in [0.717, 1.165) is 37.1 Å². The maximum atomic E-state index is 12.2. The normalized spacial score (nSPS) is 18.0. The van der Waals surface area contributed by atoms with Gasteiger partial charge >= 0.3 is 0 Å². The largest absolute Gasteiger partial charge is 0.497 e. The first-order chi connectivity index (χ1) is 11.9. The lowest BCUT2D eigenvalue weighted by molar-refractivity contribution is -0.133. The highest BCUT2D eigenvalue weighted by Gasteiger charge is 2.24. The molecule has 1 atom stereocenters. The number of carbonyl (C=O) groups is 1. The number of methoxy groups -OCH3 is 1. The second-order valence-corrected chi connectivity index (χ2v) is 8.08. The van der Waals surface area contributed by atoms with Gasteiger partial charge in [0.1, 0.15) is 11.5 Å². The fourth-order valence-corrected chi connectivity index (χ4v) is 3.29. The standard InChI is InChI=1S/C17H26N2O5S/c1-23-15-5-7-16(8-6-15)24-13-14-4-3-11-19(12-14)17(20)9-10-18-25(2,21)22/h5-8,14,18H,3-4,9-13H2,1-2H3/t14-/m0/s1. The van der Waals surface area contributed by atoms with Crippen LogP contribution < -0.4 is 14.2 Å². The van der Waals surface area contributed by atoms with Crippen LogP contribution in [0.3, 0.4) is 0 Å². The van der Waals surface area contributed by atoms with Crippen molar-refractivity contribution in [2.75, 3.05) is 39.6 Å². The third kappa shape index (κ3) is 6.91. The van der Waals surface area contributed by atoms with Crippen LogP contribution in [0.5, 0.6) is 11.5 Å². The van der Waals surface area contributed by atoms with Crippen molar-refractivity contribution in [3.8, 4) is 11.5 Å². The molecule has 1 aliphatic rings. The lowest BCUT2D eigenvalue weighted by Crippen LogP contribution is -2.42. The van der Waals surface area contributed by atoms with Gasteiger partial charge in [-0.25, -0.2) is 13.1 Å². The maximum absolute atomic E-state index is 12.2. The summed E-state index contributed by atoms with van der Waals surface area (Å²) in [6.45, 7) is 2.06. The molecule has 25 heavy (non-hydrogen) atoms. The summed E-state index contributed by atoms with van der Waals surface area (Å²) < 4.78 is 35.4. The van der Waals surface area contributed by atoms with Gasteiger partial charge in [0.2, 0.25) is 15.9 Å². The van der Waals surface area contributed by atoms with Crippen LogP contribution in [0.15, 0.2) is 24.3 Å². The van der Waals surface area contributed by atoms with Gasteiger partial charge in [0.25, 0.3) is 0 Å². The minimum Gasteiger partial charge on any atom is -0.497 e. The Labute approximate surface area is 149 Å². The molecular weight excluding hydrogens is 344 g/mol. The second-order valence-electron chi connectivity index (χ2n) is 6.25. The quantitative estimate of drug-likeness (QED) is 0.744. The molecule has 0 aliphatic carbocycles. The molecule has 0 spiro atoms. The molecule has 8 heteroatoms. The predicted octanol–water partition coefficient (Wildman–Crippen LogP) is 1.25. The summed E-state index contributed by atoms with van der Waals surface area (Å²) in [4.78, 5) is 14.0. The van der Waals surface area contributed by atoms with E-state index in [1.165, 1.54) is 0 Å². The van der Waals surface area contributed by atoms with Crippen LogP contribution in [0.2, 0.25) is 0 Å². The van der Waals surface area contributed by atoms with Crippen LogP contribution in [0.4, 0.5) is 0 Å². The SMILES string of the molecule is COc1ccc(OC[C@H]2CCCN(C(=O)CCNS(C)(=O)=O)C2)cc1. The molecule has 1 amide bonds. The molecule has 1 fully saturated rings. The molecule has 1 aromatic carbocycles. The molecule has 0 saturated carbocycles. The summed E-state index contributed by atoms with van der Waals surface area (Å²) in [6, 6.07) is 7.42. The Bertz CT molecular complexity index is 660. The summed E-state index contributed by atoms with van der Waals surface area (Å²) in [6.07, 6.45) is 3.22. The minimum atomic E-state index is -3.26. The molecule has 1 saturated heterocycles. The number of ether oxygens (including phenoxy) is 2. The fraction of sp³-hybridized carbons (Fsp3) is 0.588. The zero-order valence-corrected chi connectivity index (χ0v) is 15.5. The lowest BCUT2D eigenvalue weighted by atomic mass is 9.98. The molecule has 140 valence electrons. The van der Waals surface area contributed by atoms with Crippen LogP contribution in [0.25, 0.3) is 0 Å². The van der Waals surface area contributed by atoms with E-state index in [-0.39, 0.29) is 24.8 Å². The summed E-state index contributed by atoms with van der Waals surface area (Å²) in [5.41, 5.74) is 0. The van der Waals surface area contributed by atoms with Gasteiger partial charge in [0, 0.05) is 32.0 Å². The monoisotopic (exact) mass is 370 g/mol. The number of amides is 1. The predicted molar refractivity (Wildman–Crippen MR) is 95.3 cm³/mol. The number of nitrogens with zero attached hydrogens (tertiary/aromatic N) is 1. The molecule has 1 N–H and O–H groups in total. The van der Waals surface area contributed by atoms with Crippen LogP contribution in [-0.4, -0.2) is 58.8 Å². The number of likely N-dealkylation sites (tertiary alicyclic amines) is 1. The minimum absolute atomic E-state index is 0.0229. The topological polar surface area (TPSA) is 84.9 Å². The van der Waals surface area contributed by atoms with Crippen molar-refractivity contribution in [2.45, 2.75) is 19.3 Å². The summed E-state index contributed by atoms with van der Waals surface area (Å²) in [7, 11) is -1.64. The molecule has 0 unspecified atom stereocenters. The van der Waals surface area contributed by atoms with Crippen molar-refractivity contribution in [1.82, 2.24) is 9.62 Å². The lowest BCUT2D eigenvalue weighted by Gasteiger charge is -2.32. The number of piperidine rings is 1. The van der Waals surface area contributed by atoms with E-state index in [9.17, 15) is 13.2 Å². The molecule has 0 aromatic heterocycles. The van der Waals surface area contributed by atoms with Crippen LogP contribution in [0, 0.1) is 5.92 Å². The number of hydrogen-bond donors (Lipinski definition) is 1. The van der Waals surface area contributed by atoms with Gasteiger partial charge in [-0.1, -0.05) is 0 Å². The maximum Gasteiger partial charge on any atom is 0.223 e. The summed E-state index contributed by atoms with van der Waals surface area (Å²) in [5, 5.41) is 0. The van der Waals surface area contributed by atoms with Gasteiger partial charge in [-0.2, -0.15) is 0 Å². The van der Waals surface area contributed by atoms with Crippen molar-refractivity contribution in [3.63, 3.8) is 0 Å². The number of sulfonamides is 1. The summed E-state index contributed by atoms with van der Waals surface area (Å²) in [5.74, 6) is 1.82. The highest BCUT2D eigenvalue weighted by atomic mass is 32.2. The molecule has 2 rings (SSSR count). The molecule has 0 radical (unpaired) electrons. The Hall–Kier alpha value is -1.80. The first-order valence-electron chi connectivity index (χ1n) is 8.36. The third-order valence-electron chi connectivity index (χ3n) is 4.12. The van der Waals surface area contributed by atoms with E-state index >= 15 is 0 Å². The first-order valence-corrected chi connectivity index (χ1v) is 10.3. The van der Waals surface area contributed by atoms with E-state index in [4.69, 9.17) is 9.47 Å². The van der Waals surface area contributed by atoms with Crippen LogP contribution >= 0.6 is 0 Å². The zero-order chi connectivity index (χ0) is 18.3. The third-order valence-corrected chi connectivity index (χ3v) is 4.85. The van der Waals surface area contributed by atoms with E-state index < -0.39 is 10.0 Å². The molecule has 1 aromatic rings. The van der Waals surface area contributed by atoms with Gasteiger partial charge in [-0.3, -0.25) is 4.79 Å². The van der Waals surface area contributed by atoms with Gasteiger partial charge in [0.05, 0.1) is 20.0 Å². The average Bonchev–Trinajstić information content (AvgIpc) is 2.59. The van der Waals surface area contributed by atoms with Crippen molar-refractivity contribution < 1.29 is 22.7 Å². The molecular formula is C17H26N2O5S. The van der Waals surface area contributed by atoms with Gasteiger partial charge < -0.3 is 14.4 Å². The van der Waals surface area contributed by atoms with E-state index in [1.54, 1.807) is 12.0 Å². The van der Waals surface area contributed by atoms with Crippen molar-refractivity contribution in [3.05, 3.63) is 24.3 Å². The number of nitrogens with one attached hydrogen (secondary N) is 1.